The van der Waals surface area contributed by atoms with Gasteiger partial charge in [-0.25, -0.2) is 0 Å². The van der Waals surface area contributed by atoms with Crippen molar-refractivity contribution >= 4 is 23.0 Å². The smallest absolute Gasteiger partial charge is 0.166 e. The number of Topliss-reactive ketones (excluding diaryl/α,β-unsaturated/α-hetero) is 3. The summed E-state index contributed by atoms with van der Waals surface area (Å²) in [6.45, 7) is 21.4. The molecule has 1 fully saturated rings. The number of allylic oxidation sites excluding steroid dienone is 1. The third-order valence-corrected chi connectivity index (χ3v) is 9.07. The van der Waals surface area contributed by atoms with Crippen molar-refractivity contribution < 1.29 is 14.4 Å². The van der Waals surface area contributed by atoms with Crippen LogP contribution >= 0.6 is 0 Å². The molecule has 1 heterocycles. The van der Waals surface area contributed by atoms with Crippen LogP contribution in [0.1, 0.15) is 101 Å². The molecule has 0 aliphatic carbocycles. The molecule has 0 spiro atoms. The monoisotopic (exact) mass is 553 g/mol. The van der Waals surface area contributed by atoms with Crippen LogP contribution in [0.25, 0.3) is 0 Å². The molecule has 1 aliphatic rings. The molecule has 1 aromatic carbocycles. The highest BCUT2D eigenvalue weighted by Crippen LogP contribution is 2.32. The van der Waals surface area contributed by atoms with E-state index in [1.165, 1.54) is 6.42 Å². The first-order valence-corrected chi connectivity index (χ1v) is 15.5. The molecule has 6 heteroatoms. The van der Waals surface area contributed by atoms with Gasteiger partial charge in [0.15, 0.2) is 11.6 Å². The lowest BCUT2D eigenvalue weighted by molar-refractivity contribution is -0.119. The number of benzene rings is 1. The number of nitrogens with zero attached hydrogens (tertiary/aromatic N) is 2. The summed E-state index contributed by atoms with van der Waals surface area (Å²) in [6, 6.07) is 5.88. The zero-order chi connectivity index (χ0) is 29.8. The molecule has 0 saturated carbocycles. The van der Waals surface area contributed by atoms with Gasteiger partial charge in [-0.1, -0.05) is 52.8 Å². The molecule has 40 heavy (non-hydrogen) atoms. The topological polar surface area (TPSA) is 69.7 Å². The molecule has 6 nitrogen and oxygen atoms in total. The van der Waals surface area contributed by atoms with Gasteiger partial charge >= 0.3 is 0 Å². The number of likely N-dealkylation sites (tertiary alicyclic amines) is 1. The molecule has 224 valence electrons. The first-order chi connectivity index (χ1) is 19.0. The van der Waals surface area contributed by atoms with E-state index in [1.54, 1.807) is 13.0 Å². The second-order valence-corrected chi connectivity index (χ2v) is 12.1. The SMILES string of the molecule is C=CC(CCC(=O)CC)C(C)C(C)C(=O)c1cccc(NC2CCN(CC(C)CCN(C)CC)CC2)c1C(C)=O. The Balaban J connectivity index is 2.06. The average molecular weight is 554 g/mol. The zero-order valence-corrected chi connectivity index (χ0v) is 26.3. The van der Waals surface area contributed by atoms with E-state index in [2.05, 4.69) is 49.5 Å². The van der Waals surface area contributed by atoms with Gasteiger partial charge in [-0.15, -0.1) is 6.58 Å². The fourth-order valence-electron chi connectivity index (χ4n) is 5.82. The lowest BCUT2D eigenvalue weighted by atomic mass is 9.77. The molecule has 0 radical (unpaired) electrons. The Labute approximate surface area is 244 Å². The molecule has 0 bridgehead atoms. The van der Waals surface area contributed by atoms with Crippen LogP contribution in [-0.2, 0) is 4.79 Å². The number of ketones is 3. The molecule has 1 saturated heterocycles. The number of hydrogen-bond donors (Lipinski definition) is 1. The van der Waals surface area contributed by atoms with Crippen LogP contribution in [0, 0.1) is 23.7 Å². The molecule has 2 rings (SSSR count). The van der Waals surface area contributed by atoms with E-state index >= 15 is 0 Å². The fraction of sp³-hybridized carbons (Fsp3) is 0.676. The second-order valence-electron chi connectivity index (χ2n) is 12.1. The summed E-state index contributed by atoms with van der Waals surface area (Å²) >= 11 is 0. The maximum atomic E-state index is 13.7. The summed E-state index contributed by atoms with van der Waals surface area (Å²) in [5.74, 6) is 0.571. The predicted molar refractivity (Wildman–Crippen MR) is 167 cm³/mol. The van der Waals surface area contributed by atoms with Crippen LogP contribution in [0.2, 0.25) is 0 Å². The highest BCUT2D eigenvalue weighted by molar-refractivity contribution is 6.12. The standard InChI is InChI=1S/C34H55N3O3/c1-9-28(15-16-30(39)10-2)25(5)26(6)34(40)31-13-12-14-32(33(31)27(7)38)35-29-18-21-37(22-19-29)23-24(4)17-20-36(8)11-3/h9,12-14,24-26,28-29,35H,1,10-11,15-23H2,2-8H3. The third-order valence-electron chi connectivity index (χ3n) is 9.07. The Morgan fingerprint density at radius 2 is 1.80 bits per heavy atom. The number of hydrogen-bond acceptors (Lipinski definition) is 6. The average Bonchev–Trinajstić information content (AvgIpc) is 2.95. The number of rotatable bonds is 18. The van der Waals surface area contributed by atoms with Gasteiger partial charge in [-0.05, 0) is 76.6 Å². The quantitative estimate of drug-likeness (QED) is 0.160. The van der Waals surface area contributed by atoms with E-state index in [1.807, 2.05) is 32.1 Å². The number of nitrogens with one attached hydrogen (secondary N) is 1. The number of anilines is 1. The number of piperidine rings is 1. The minimum Gasteiger partial charge on any atom is -0.382 e. The summed E-state index contributed by atoms with van der Waals surface area (Å²) < 4.78 is 0. The van der Waals surface area contributed by atoms with Crippen molar-refractivity contribution in [3.05, 3.63) is 42.0 Å². The Morgan fingerprint density at radius 1 is 1.12 bits per heavy atom. The Morgan fingerprint density at radius 3 is 2.38 bits per heavy atom. The van der Waals surface area contributed by atoms with Gasteiger partial charge in [-0.2, -0.15) is 0 Å². The van der Waals surface area contributed by atoms with Crippen LogP contribution in [-0.4, -0.2) is 73.0 Å². The van der Waals surface area contributed by atoms with Crippen molar-refractivity contribution in [2.24, 2.45) is 23.7 Å². The minimum atomic E-state index is -0.296. The van der Waals surface area contributed by atoms with Crippen molar-refractivity contribution in [3.8, 4) is 0 Å². The van der Waals surface area contributed by atoms with Gasteiger partial charge in [-0.3, -0.25) is 14.4 Å². The van der Waals surface area contributed by atoms with Crippen LogP contribution < -0.4 is 5.32 Å². The van der Waals surface area contributed by atoms with Gasteiger partial charge in [0.2, 0.25) is 0 Å². The third kappa shape index (κ3) is 9.95. The van der Waals surface area contributed by atoms with E-state index in [9.17, 15) is 14.4 Å². The maximum Gasteiger partial charge on any atom is 0.166 e. The zero-order valence-electron chi connectivity index (χ0n) is 26.3. The predicted octanol–water partition coefficient (Wildman–Crippen LogP) is 6.76. The molecule has 1 aliphatic heterocycles. The van der Waals surface area contributed by atoms with Crippen molar-refractivity contribution in [3.63, 3.8) is 0 Å². The van der Waals surface area contributed by atoms with E-state index in [-0.39, 0.29) is 41.1 Å². The summed E-state index contributed by atoms with van der Waals surface area (Å²) in [5.41, 5.74) is 1.76. The molecular weight excluding hydrogens is 498 g/mol. The molecule has 4 unspecified atom stereocenters. The summed E-state index contributed by atoms with van der Waals surface area (Å²) in [6.07, 6.45) is 6.85. The van der Waals surface area contributed by atoms with Crippen LogP contribution in [0.5, 0.6) is 0 Å². The number of carbonyl (C=O) groups is 3. The molecular formula is C34H55N3O3. The highest BCUT2D eigenvalue weighted by atomic mass is 16.1. The van der Waals surface area contributed by atoms with Crippen LogP contribution in [0.4, 0.5) is 5.69 Å². The van der Waals surface area contributed by atoms with E-state index in [0.717, 1.165) is 51.3 Å². The fourth-order valence-corrected chi connectivity index (χ4v) is 5.82. The summed E-state index contributed by atoms with van der Waals surface area (Å²) in [7, 11) is 2.18. The molecule has 0 aromatic heterocycles. The lowest BCUT2D eigenvalue weighted by Crippen LogP contribution is -2.41. The largest absolute Gasteiger partial charge is 0.382 e. The lowest BCUT2D eigenvalue weighted by Gasteiger charge is -2.35. The van der Waals surface area contributed by atoms with E-state index < -0.39 is 0 Å². The van der Waals surface area contributed by atoms with Gasteiger partial charge in [0, 0.05) is 55.7 Å². The summed E-state index contributed by atoms with van der Waals surface area (Å²) in [4.78, 5) is 43.4. The van der Waals surface area contributed by atoms with Crippen molar-refractivity contribution in [2.75, 3.05) is 45.1 Å². The van der Waals surface area contributed by atoms with Gasteiger partial charge < -0.3 is 15.1 Å². The second kappa shape index (κ2) is 16.8. The maximum absolute atomic E-state index is 13.7. The van der Waals surface area contributed by atoms with Crippen molar-refractivity contribution in [1.29, 1.82) is 0 Å². The Hall–Kier alpha value is -2.31. The summed E-state index contributed by atoms with van der Waals surface area (Å²) in [5, 5.41) is 3.63. The molecule has 4 atom stereocenters. The number of carbonyl (C=O) groups excluding carboxylic acids is 3. The van der Waals surface area contributed by atoms with Crippen LogP contribution in [0.15, 0.2) is 30.9 Å². The van der Waals surface area contributed by atoms with Gasteiger partial charge in [0.25, 0.3) is 0 Å². The Bertz CT molecular complexity index is 983. The van der Waals surface area contributed by atoms with Crippen molar-refractivity contribution in [2.45, 2.75) is 86.1 Å². The Kier molecular flexibility index (Phi) is 14.3. The highest BCUT2D eigenvalue weighted by Gasteiger charge is 2.30. The first-order valence-electron chi connectivity index (χ1n) is 15.5. The van der Waals surface area contributed by atoms with E-state index in [0.29, 0.717) is 36.3 Å². The van der Waals surface area contributed by atoms with E-state index in [4.69, 9.17) is 0 Å². The van der Waals surface area contributed by atoms with Gasteiger partial charge in [0.1, 0.15) is 5.78 Å². The normalized spacial score (nSPS) is 17.7. The molecule has 1 aromatic rings. The molecule has 1 N–H and O–H groups in total. The molecule has 0 amide bonds. The van der Waals surface area contributed by atoms with Gasteiger partial charge in [0.05, 0.1) is 5.56 Å². The van der Waals surface area contributed by atoms with Crippen LogP contribution in [0.3, 0.4) is 0 Å². The minimum absolute atomic E-state index is 0.0140. The van der Waals surface area contributed by atoms with Crippen molar-refractivity contribution in [1.82, 2.24) is 9.80 Å². The first kappa shape index (κ1) is 33.9.